The molecule has 0 bridgehead atoms. The van der Waals surface area contributed by atoms with Gasteiger partial charge in [0.15, 0.2) is 0 Å². The molecule has 0 saturated carbocycles. The van der Waals surface area contributed by atoms with Crippen LogP contribution in [-0.2, 0) is 10.0 Å². The van der Waals surface area contributed by atoms with Crippen molar-refractivity contribution in [1.82, 2.24) is 9.97 Å². The number of sulfonamides is 1. The van der Waals surface area contributed by atoms with Crippen LogP contribution >= 0.6 is 0 Å². The first kappa shape index (κ1) is 12.9. The van der Waals surface area contributed by atoms with Crippen LogP contribution in [0.15, 0.2) is 12.4 Å². The monoisotopic (exact) mass is 243 g/mol. The highest BCUT2D eigenvalue weighted by molar-refractivity contribution is 7.92. The van der Waals surface area contributed by atoms with Crippen molar-refractivity contribution in [2.45, 2.75) is 27.2 Å². The summed E-state index contributed by atoms with van der Waals surface area (Å²) in [5.74, 6) is 0.590. The van der Waals surface area contributed by atoms with Gasteiger partial charge in [-0.3, -0.25) is 4.72 Å². The van der Waals surface area contributed by atoms with Gasteiger partial charge in [-0.15, -0.1) is 0 Å². The molecule has 5 nitrogen and oxygen atoms in total. The fourth-order valence-electron chi connectivity index (χ4n) is 1.03. The van der Waals surface area contributed by atoms with Gasteiger partial charge in [-0.2, -0.15) is 0 Å². The Hall–Kier alpha value is -1.17. The summed E-state index contributed by atoms with van der Waals surface area (Å²) in [6.45, 7) is 5.81. The van der Waals surface area contributed by atoms with E-state index >= 15 is 0 Å². The third kappa shape index (κ3) is 4.57. The Morgan fingerprint density at radius 2 is 1.88 bits per heavy atom. The van der Waals surface area contributed by atoms with E-state index in [1.165, 1.54) is 0 Å². The molecule has 0 atom stereocenters. The number of hydrogen-bond donors (Lipinski definition) is 1. The third-order valence-corrected chi connectivity index (χ3v) is 3.26. The molecule has 16 heavy (non-hydrogen) atoms. The topological polar surface area (TPSA) is 72.0 Å². The minimum atomic E-state index is -3.32. The first-order chi connectivity index (χ1) is 7.39. The number of rotatable bonds is 5. The van der Waals surface area contributed by atoms with Crippen LogP contribution in [0.5, 0.6) is 0 Å². The second kappa shape index (κ2) is 5.25. The Balaban J connectivity index is 2.62. The molecule has 0 aliphatic heterocycles. The van der Waals surface area contributed by atoms with Gasteiger partial charge in [0.05, 0.1) is 5.75 Å². The molecule has 0 aliphatic carbocycles. The Morgan fingerprint density at radius 3 is 2.38 bits per heavy atom. The van der Waals surface area contributed by atoms with Crippen LogP contribution in [0.25, 0.3) is 0 Å². The molecule has 0 radical (unpaired) electrons. The van der Waals surface area contributed by atoms with Crippen molar-refractivity contribution in [1.29, 1.82) is 0 Å². The highest BCUT2D eigenvalue weighted by Gasteiger charge is 2.12. The average Bonchev–Trinajstić information content (AvgIpc) is 2.19. The van der Waals surface area contributed by atoms with Crippen LogP contribution in [0.1, 0.15) is 25.8 Å². The quantitative estimate of drug-likeness (QED) is 0.852. The highest BCUT2D eigenvalue weighted by Crippen LogP contribution is 2.06. The van der Waals surface area contributed by atoms with Gasteiger partial charge in [0.25, 0.3) is 0 Å². The zero-order chi connectivity index (χ0) is 12.2. The average molecular weight is 243 g/mol. The fraction of sp³-hybridized carbons (Fsp3) is 0.600. The Morgan fingerprint density at radius 1 is 1.31 bits per heavy atom. The Kier molecular flexibility index (Phi) is 4.23. The molecule has 90 valence electrons. The molecular formula is C10H17N3O2S. The zero-order valence-electron chi connectivity index (χ0n) is 9.77. The lowest BCUT2D eigenvalue weighted by Crippen LogP contribution is -2.19. The lowest BCUT2D eigenvalue weighted by Gasteiger charge is -2.07. The standard InChI is InChI=1S/C10H17N3O2S/c1-8(2)4-5-16(14,15)13-10-11-6-9(3)7-12-10/h6-8H,4-5H2,1-3H3,(H,11,12,13). The number of aromatic nitrogens is 2. The van der Waals surface area contributed by atoms with Crippen molar-refractivity contribution >= 4 is 16.0 Å². The number of nitrogens with zero attached hydrogens (tertiary/aromatic N) is 2. The van der Waals surface area contributed by atoms with Gasteiger partial charge in [-0.1, -0.05) is 13.8 Å². The number of nitrogens with one attached hydrogen (secondary N) is 1. The van der Waals surface area contributed by atoms with Crippen molar-refractivity contribution in [3.8, 4) is 0 Å². The number of hydrogen-bond acceptors (Lipinski definition) is 4. The van der Waals surface area contributed by atoms with Gasteiger partial charge in [0.1, 0.15) is 0 Å². The van der Waals surface area contributed by atoms with Gasteiger partial charge in [-0.25, -0.2) is 18.4 Å². The van der Waals surface area contributed by atoms with Crippen molar-refractivity contribution in [3.05, 3.63) is 18.0 Å². The molecule has 0 fully saturated rings. The van der Waals surface area contributed by atoms with Crippen LogP contribution in [-0.4, -0.2) is 24.1 Å². The Labute approximate surface area is 96.4 Å². The first-order valence-corrected chi connectivity index (χ1v) is 6.83. The van der Waals surface area contributed by atoms with Gasteiger partial charge in [0, 0.05) is 12.4 Å². The predicted molar refractivity (Wildman–Crippen MR) is 63.6 cm³/mol. The second-order valence-electron chi connectivity index (χ2n) is 4.19. The van der Waals surface area contributed by atoms with Crippen LogP contribution in [0.2, 0.25) is 0 Å². The maximum absolute atomic E-state index is 11.6. The lowest BCUT2D eigenvalue weighted by molar-refractivity contribution is 0.577. The maximum atomic E-state index is 11.6. The van der Waals surface area contributed by atoms with Crippen molar-refractivity contribution in [2.24, 2.45) is 5.92 Å². The summed E-state index contributed by atoms with van der Waals surface area (Å²) in [6, 6.07) is 0. The van der Waals surface area contributed by atoms with E-state index in [0.717, 1.165) is 5.56 Å². The number of anilines is 1. The van der Waals surface area contributed by atoms with E-state index in [4.69, 9.17) is 0 Å². The minimum absolute atomic E-state index is 0.0991. The zero-order valence-corrected chi connectivity index (χ0v) is 10.6. The summed E-state index contributed by atoms with van der Waals surface area (Å²) in [6.07, 6.45) is 3.78. The van der Waals surface area contributed by atoms with Crippen LogP contribution in [0.3, 0.4) is 0 Å². The largest absolute Gasteiger partial charge is 0.251 e. The minimum Gasteiger partial charge on any atom is -0.251 e. The van der Waals surface area contributed by atoms with E-state index in [2.05, 4.69) is 14.7 Å². The molecular weight excluding hydrogens is 226 g/mol. The maximum Gasteiger partial charge on any atom is 0.236 e. The number of aryl methyl sites for hydroxylation is 1. The molecule has 1 N–H and O–H groups in total. The lowest BCUT2D eigenvalue weighted by atomic mass is 10.2. The molecule has 1 aromatic heterocycles. The third-order valence-electron chi connectivity index (χ3n) is 1.99. The molecule has 0 amide bonds. The van der Waals surface area contributed by atoms with Crippen LogP contribution in [0, 0.1) is 12.8 Å². The van der Waals surface area contributed by atoms with Crippen molar-refractivity contribution in [2.75, 3.05) is 10.5 Å². The predicted octanol–water partition coefficient (Wildman–Crippen LogP) is 1.57. The van der Waals surface area contributed by atoms with Gasteiger partial charge in [-0.05, 0) is 24.8 Å². The summed E-state index contributed by atoms with van der Waals surface area (Å²) >= 11 is 0. The second-order valence-corrected chi connectivity index (χ2v) is 6.03. The molecule has 0 spiro atoms. The summed E-state index contributed by atoms with van der Waals surface area (Å²) < 4.78 is 25.5. The van der Waals surface area contributed by atoms with E-state index in [0.29, 0.717) is 12.3 Å². The van der Waals surface area contributed by atoms with Gasteiger partial charge < -0.3 is 0 Å². The van der Waals surface area contributed by atoms with E-state index < -0.39 is 10.0 Å². The Bertz CT molecular complexity index is 426. The summed E-state index contributed by atoms with van der Waals surface area (Å²) in [5, 5.41) is 0. The molecule has 0 aliphatic rings. The fourth-order valence-corrected chi connectivity index (χ4v) is 2.29. The van der Waals surface area contributed by atoms with Gasteiger partial charge in [0.2, 0.25) is 16.0 Å². The summed E-state index contributed by atoms with van der Waals surface area (Å²) in [5.41, 5.74) is 0.894. The van der Waals surface area contributed by atoms with Gasteiger partial charge >= 0.3 is 0 Å². The van der Waals surface area contributed by atoms with E-state index in [1.54, 1.807) is 12.4 Å². The highest BCUT2D eigenvalue weighted by atomic mass is 32.2. The van der Waals surface area contributed by atoms with Crippen LogP contribution < -0.4 is 4.72 Å². The molecule has 1 heterocycles. The summed E-state index contributed by atoms with van der Waals surface area (Å²) in [4.78, 5) is 7.78. The van der Waals surface area contributed by atoms with E-state index in [9.17, 15) is 8.42 Å². The SMILES string of the molecule is Cc1cnc(NS(=O)(=O)CCC(C)C)nc1. The molecule has 0 saturated heterocycles. The van der Waals surface area contributed by atoms with E-state index in [1.807, 2.05) is 20.8 Å². The van der Waals surface area contributed by atoms with Crippen LogP contribution in [0.4, 0.5) is 5.95 Å². The molecule has 0 unspecified atom stereocenters. The normalized spacial score (nSPS) is 11.8. The molecule has 0 aromatic carbocycles. The first-order valence-electron chi connectivity index (χ1n) is 5.18. The summed E-state index contributed by atoms with van der Waals surface area (Å²) in [7, 11) is -3.32. The molecule has 1 rings (SSSR count). The van der Waals surface area contributed by atoms with Crippen molar-refractivity contribution in [3.63, 3.8) is 0 Å². The van der Waals surface area contributed by atoms with E-state index in [-0.39, 0.29) is 11.7 Å². The molecule has 6 heteroatoms. The smallest absolute Gasteiger partial charge is 0.236 e. The molecule has 1 aromatic rings. The van der Waals surface area contributed by atoms with Crippen molar-refractivity contribution < 1.29 is 8.42 Å².